The molecule has 2 aliphatic heterocycles. The standard InChI is InChI=1S/C22H20ClN5O2S/c1-21(29,19-25-7-9-31-19)5-4-14-2-3-15-17(10-14)28(12-22(15)6-8-30-13-22)18-16(23)11-26-20(24)27-18/h2-3,7,9-11,29H,6,8,12-13H2,1H3,(H2,24,26,27)/t21-,22+/m0/s1. The van der Waals surface area contributed by atoms with E-state index in [2.05, 4.69) is 37.8 Å². The molecule has 2 aromatic heterocycles. The lowest BCUT2D eigenvalue weighted by Crippen LogP contribution is -2.32. The minimum atomic E-state index is -1.32. The van der Waals surface area contributed by atoms with Crippen LogP contribution in [0.4, 0.5) is 17.5 Å². The first-order valence-corrected chi connectivity index (χ1v) is 11.1. The Morgan fingerprint density at radius 2 is 2.26 bits per heavy atom. The summed E-state index contributed by atoms with van der Waals surface area (Å²) in [5.74, 6) is 6.78. The number of nitrogen functional groups attached to an aromatic ring is 1. The van der Waals surface area contributed by atoms with Crippen LogP contribution in [0.2, 0.25) is 5.02 Å². The van der Waals surface area contributed by atoms with E-state index >= 15 is 0 Å². The lowest BCUT2D eigenvalue weighted by atomic mass is 9.81. The summed E-state index contributed by atoms with van der Waals surface area (Å²) in [6, 6.07) is 6.07. The Morgan fingerprint density at radius 3 is 3.00 bits per heavy atom. The number of anilines is 3. The van der Waals surface area contributed by atoms with E-state index in [9.17, 15) is 5.11 Å². The quantitative estimate of drug-likeness (QED) is 0.575. The molecule has 2 aliphatic rings. The summed E-state index contributed by atoms with van der Waals surface area (Å²) in [6.07, 6.45) is 4.09. The van der Waals surface area contributed by atoms with Gasteiger partial charge in [0.1, 0.15) is 10.0 Å². The Bertz CT molecular complexity index is 1200. The number of ether oxygens (including phenoxy) is 1. The molecule has 158 valence electrons. The van der Waals surface area contributed by atoms with Crippen LogP contribution in [-0.4, -0.2) is 39.8 Å². The fourth-order valence-electron chi connectivity index (χ4n) is 4.16. The summed E-state index contributed by atoms with van der Waals surface area (Å²) in [6.45, 7) is 3.68. The molecule has 0 unspecified atom stereocenters. The molecule has 1 saturated heterocycles. The Morgan fingerprint density at radius 1 is 1.39 bits per heavy atom. The van der Waals surface area contributed by atoms with Crippen molar-refractivity contribution in [2.75, 3.05) is 30.4 Å². The molecule has 3 aromatic rings. The molecule has 9 heteroatoms. The Balaban J connectivity index is 1.58. The molecule has 0 saturated carbocycles. The minimum absolute atomic E-state index is 0.128. The Labute approximate surface area is 188 Å². The number of hydrogen-bond donors (Lipinski definition) is 2. The number of halogens is 1. The number of nitrogens with zero attached hydrogens (tertiary/aromatic N) is 4. The van der Waals surface area contributed by atoms with Crippen LogP contribution in [0.1, 0.15) is 29.5 Å². The largest absolute Gasteiger partial charge is 0.380 e. The maximum atomic E-state index is 10.7. The van der Waals surface area contributed by atoms with E-state index in [-0.39, 0.29) is 11.4 Å². The van der Waals surface area contributed by atoms with E-state index in [1.54, 1.807) is 13.1 Å². The monoisotopic (exact) mass is 453 g/mol. The molecule has 1 aromatic carbocycles. The van der Waals surface area contributed by atoms with Crippen LogP contribution in [0.15, 0.2) is 36.0 Å². The summed E-state index contributed by atoms with van der Waals surface area (Å²) in [4.78, 5) is 14.6. The molecule has 5 rings (SSSR count). The van der Waals surface area contributed by atoms with E-state index in [1.165, 1.54) is 23.1 Å². The van der Waals surface area contributed by atoms with Gasteiger partial charge in [0.15, 0.2) is 11.4 Å². The fraction of sp³-hybridized carbons (Fsp3) is 0.318. The van der Waals surface area contributed by atoms with Crippen molar-refractivity contribution in [3.63, 3.8) is 0 Å². The zero-order chi connectivity index (χ0) is 21.6. The highest BCUT2D eigenvalue weighted by atomic mass is 35.5. The lowest BCUT2D eigenvalue weighted by Gasteiger charge is -2.24. The van der Waals surface area contributed by atoms with Crippen molar-refractivity contribution in [2.45, 2.75) is 24.4 Å². The average molecular weight is 454 g/mol. The van der Waals surface area contributed by atoms with Crippen molar-refractivity contribution in [1.82, 2.24) is 15.0 Å². The molecule has 0 amide bonds. The van der Waals surface area contributed by atoms with E-state index in [0.29, 0.717) is 35.6 Å². The van der Waals surface area contributed by atoms with E-state index in [1.807, 2.05) is 17.5 Å². The molecule has 31 heavy (non-hydrogen) atoms. The fourth-order valence-corrected chi connectivity index (χ4v) is 5.01. The van der Waals surface area contributed by atoms with Crippen LogP contribution in [0.25, 0.3) is 0 Å². The summed E-state index contributed by atoms with van der Waals surface area (Å²) >= 11 is 7.81. The number of benzene rings is 1. The number of aromatic nitrogens is 3. The van der Waals surface area contributed by atoms with Crippen molar-refractivity contribution in [1.29, 1.82) is 0 Å². The van der Waals surface area contributed by atoms with Gasteiger partial charge in [-0.25, -0.2) is 9.97 Å². The van der Waals surface area contributed by atoms with E-state index in [4.69, 9.17) is 22.1 Å². The van der Waals surface area contributed by atoms with Crippen LogP contribution in [0, 0.1) is 11.8 Å². The van der Waals surface area contributed by atoms with Crippen molar-refractivity contribution < 1.29 is 9.84 Å². The molecule has 4 heterocycles. The molecule has 7 nitrogen and oxygen atoms in total. The Hall–Kier alpha value is -2.70. The topological polar surface area (TPSA) is 97.4 Å². The molecular weight excluding hydrogens is 434 g/mol. The second-order valence-corrected chi connectivity index (χ2v) is 9.26. The molecule has 2 atom stereocenters. The summed E-state index contributed by atoms with van der Waals surface area (Å²) in [5.41, 5.74) is 7.31. The summed E-state index contributed by atoms with van der Waals surface area (Å²) in [5, 5.41) is 13.5. The van der Waals surface area contributed by atoms with Gasteiger partial charge in [-0.15, -0.1) is 11.3 Å². The van der Waals surface area contributed by atoms with Crippen LogP contribution < -0.4 is 10.6 Å². The highest BCUT2D eigenvalue weighted by Crippen LogP contribution is 2.49. The van der Waals surface area contributed by atoms with Gasteiger partial charge in [0.25, 0.3) is 0 Å². The predicted molar refractivity (Wildman–Crippen MR) is 121 cm³/mol. The van der Waals surface area contributed by atoms with Gasteiger partial charge in [-0.3, -0.25) is 0 Å². The van der Waals surface area contributed by atoms with Gasteiger partial charge < -0.3 is 20.5 Å². The lowest BCUT2D eigenvalue weighted by molar-refractivity contribution is 0.122. The zero-order valence-electron chi connectivity index (χ0n) is 16.8. The number of aliphatic hydroxyl groups is 1. The zero-order valence-corrected chi connectivity index (χ0v) is 18.4. The third-order valence-electron chi connectivity index (χ3n) is 5.72. The second-order valence-electron chi connectivity index (χ2n) is 7.96. The van der Waals surface area contributed by atoms with Gasteiger partial charge in [0, 0.05) is 41.4 Å². The molecule has 0 bridgehead atoms. The van der Waals surface area contributed by atoms with Gasteiger partial charge in [-0.1, -0.05) is 29.5 Å². The van der Waals surface area contributed by atoms with Crippen LogP contribution in [0.5, 0.6) is 0 Å². The number of thiazole rings is 1. The van der Waals surface area contributed by atoms with Gasteiger partial charge in [0.2, 0.25) is 5.95 Å². The van der Waals surface area contributed by atoms with Gasteiger partial charge in [-0.05, 0) is 31.0 Å². The number of rotatable bonds is 2. The second kappa shape index (κ2) is 7.46. The van der Waals surface area contributed by atoms with Crippen LogP contribution in [0.3, 0.4) is 0 Å². The summed E-state index contributed by atoms with van der Waals surface area (Å²) in [7, 11) is 0. The summed E-state index contributed by atoms with van der Waals surface area (Å²) < 4.78 is 5.76. The van der Waals surface area contributed by atoms with Crippen LogP contribution in [-0.2, 0) is 15.8 Å². The van der Waals surface area contributed by atoms with Crippen molar-refractivity contribution >= 4 is 40.4 Å². The molecule has 1 spiro atoms. The highest BCUT2D eigenvalue weighted by Gasteiger charge is 2.46. The first-order chi connectivity index (χ1) is 14.9. The minimum Gasteiger partial charge on any atom is -0.380 e. The van der Waals surface area contributed by atoms with Gasteiger partial charge >= 0.3 is 0 Å². The van der Waals surface area contributed by atoms with Gasteiger partial charge in [0.05, 0.1) is 12.8 Å². The van der Waals surface area contributed by atoms with Crippen molar-refractivity contribution in [3.05, 3.63) is 57.1 Å². The normalized spacial score (nSPS) is 21.6. The number of hydrogen-bond acceptors (Lipinski definition) is 8. The first kappa shape index (κ1) is 20.2. The molecular formula is C22H20ClN5O2S. The maximum Gasteiger partial charge on any atom is 0.222 e. The highest BCUT2D eigenvalue weighted by molar-refractivity contribution is 7.09. The molecule has 1 fully saturated rings. The average Bonchev–Trinajstić information content (AvgIpc) is 3.50. The van der Waals surface area contributed by atoms with E-state index in [0.717, 1.165) is 17.7 Å². The molecule has 0 radical (unpaired) electrons. The first-order valence-electron chi connectivity index (χ1n) is 9.81. The molecule has 3 N–H and O–H groups in total. The van der Waals surface area contributed by atoms with Crippen molar-refractivity contribution in [2.24, 2.45) is 0 Å². The Kier molecular flexibility index (Phi) is 4.87. The third-order valence-corrected chi connectivity index (χ3v) is 6.97. The molecule has 0 aliphatic carbocycles. The van der Waals surface area contributed by atoms with Crippen LogP contribution >= 0.6 is 22.9 Å². The van der Waals surface area contributed by atoms with E-state index < -0.39 is 5.60 Å². The van der Waals surface area contributed by atoms with Gasteiger partial charge in [-0.2, -0.15) is 4.98 Å². The van der Waals surface area contributed by atoms with Crippen molar-refractivity contribution in [3.8, 4) is 11.8 Å². The SMILES string of the molecule is C[C@](O)(C#Cc1ccc2c(c1)N(c1nc(N)ncc1Cl)C[C@@]21CCOC1)c1nccs1. The number of fused-ring (bicyclic) bond motifs is 2. The predicted octanol–water partition coefficient (Wildman–Crippen LogP) is 3.24. The third kappa shape index (κ3) is 3.54. The maximum absolute atomic E-state index is 10.7. The smallest absolute Gasteiger partial charge is 0.222 e. The number of nitrogens with two attached hydrogens (primary N) is 1.